The first kappa shape index (κ1) is 17.0. The summed E-state index contributed by atoms with van der Waals surface area (Å²) in [6, 6.07) is 0.248. The number of aryl methyl sites for hydroxylation is 2. The second kappa shape index (κ2) is 7.34. The van der Waals surface area contributed by atoms with Gasteiger partial charge >= 0.3 is 0 Å². The van der Waals surface area contributed by atoms with Gasteiger partial charge in [-0.1, -0.05) is 0 Å². The Balaban J connectivity index is 1.58. The van der Waals surface area contributed by atoms with Crippen LogP contribution in [-0.4, -0.2) is 52.1 Å². The zero-order valence-corrected chi connectivity index (χ0v) is 15.5. The third-order valence-electron chi connectivity index (χ3n) is 4.10. The van der Waals surface area contributed by atoms with Crippen LogP contribution in [0.3, 0.4) is 0 Å². The molecule has 23 heavy (non-hydrogen) atoms. The maximum atomic E-state index is 13.9. The maximum absolute atomic E-state index is 13.9. The van der Waals surface area contributed by atoms with Crippen LogP contribution in [0.1, 0.15) is 27.8 Å². The minimum atomic E-state index is -0.727. The molecular weight excluding hydrogens is 331 g/mol. The van der Waals surface area contributed by atoms with Crippen molar-refractivity contribution >= 4 is 22.7 Å². The van der Waals surface area contributed by atoms with Crippen molar-refractivity contribution in [1.82, 2.24) is 19.8 Å². The first-order chi connectivity index (χ1) is 11.0. The Morgan fingerprint density at radius 1 is 1.30 bits per heavy atom. The highest BCUT2D eigenvalue weighted by Crippen LogP contribution is 2.24. The van der Waals surface area contributed by atoms with E-state index in [4.69, 9.17) is 0 Å². The molecule has 0 unspecified atom stereocenters. The maximum Gasteiger partial charge on any atom is 0.114 e. The summed E-state index contributed by atoms with van der Waals surface area (Å²) in [5.74, 6) is 0. The van der Waals surface area contributed by atoms with Crippen molar-refractivity contribution in [2.24, 2.45) is 0 Å². The van der Waals surface area contributed by atoms with E-state index in [2.05, 4.69) is 37.6 Å². The normalized spacial score (nSPS) is 22.3. The smallest absolute Gasteiger partial charge is 0.114 e. The lowest BCUT2D eigenvalue weighted by Crippen LogP contribution is -2.38. The van der Waals surface area contributed by atoms with Gasteiger partial charge in [-0.25, -0.2) is 14.4 Å². The summed E-state index contributed by atoms with van der Waals surface area (Å²) in [4.78, 5) is 13.5. The predicted octanol–water partition coefficient (Wildman–Crippen LogP) is 3.26. The summed E-state index contributed by atoms with van der Waals surface area (Å²) in [6.07, 6.45) is -0.111. The topological polar surface area (TPSA) is 32.3 Å². The number of hydrogen-bond acceptors (Lipinski definition) is 6. The summed E-state index contributed by atoms with van der Waals surface area (Å²) in [7, 11) is 2.09. The van der Waals surface area contributed by atoms with Gasteiger partial charge in [0.15, 0.2) is 0 Å². The lowest BCUT2D eigenvalue weighted by Gasteiger charge is -2.27. The molecule has 0 N–H and O–H groups in total. The average Bonchev–Trinajstić information content (AvgIpc) is 3.14. The molecule has 0 aliphatic carbocycles. The summed E-state index contributed by atoms with van der Waals surface area (Å²) in [5, 5.41) is 6.36. The van der Waals surface area contributed by atoms with Crippen LogP contribution in [0.25, 0.3) is 0 Å². The Hall–Kier alpha value is -0.890. The fourth-order valence-electron chi connectivity index (χ4n) is 3.13. The number of likely N-dealkylation sites (N-methyl/N-ethyl adjacent to an activating group) is 1. The Kier molecular flexibility index (Phi) is 5.41. The molecule has 126 valence electrons. The van der Waals surface area contributed by atoms with E-state index in [1.807, 2.05) is 13.8 Å². The Morgan fingerprint density at radius 3 is 2.78 bits per heavy atom. The van der Waals surface area contributed by atoms with Gasteiger partial charge in [0, 0.05) is 42.1 Å². The minimum Gasteiger partial charge on any atom is -0.298 e. The van der Waals surface area contributed by atoms with Gasteiger partial charge < -0.3 is 0 Å². The molecule has 1 fully saturated rings. The number of hydrogen-bond donors (Lipinski definition) is 0. The van der Waals surface area contributed by atoms with Crippen LogP contribution in [0.4, 0.5) is 4.39 Å². The van der Waals surface area contributed by atoms with Crippen molar-refractivity contribution in [2.75, 3.05) is 20.1 Å². The van der Waals surface area contributed by atoms with E-state index in [9.17, 15) is 4.39 Å². The highest BCUT2D eigenvalue weighted by molar-refractivity contribution is 7.09. The SMILES string of the molecule is Cc1csc(CN(C)C[C@@H]2C[C@H](F)CN2Cc2csc(C)n2)n1. The molecule has 2 atom stereocenters. The van der Waals surface area contributed by atoms with Crippen LogP contribution in [0, 0.1) is 13.8 Å². The molecular formula is C16H23FN4S2. The molecule has 4 nitrogen and oxygen atoms in total. The number of alkyl halides is 1. The molecule has 2 aromatic rings. The minimum absolute atomic E-state index is 0.248. The quantitative estimate of drug-likeness (QED) is 0.797. The predicted molar refractivity (Wildman–Crippen MR) is 93.7 cm³/mol. The first-order valence-electron chi connectivity index (χ1n) is 7.88. The number of likely N-dealkylation sites (tertiary alicyclic amines) is 1. The van der Waals surface area contributed by atoms with Gasteiger partial charge in [-0.15, -0.1) is 22.7 Å². The Morgan fingerprint density at radius 2 is 2.13 bits per heavy atom. The van der Waals surface area contributed by atoms with Gasteiger partial charge in [0.2, 0.25) is 0 Å². The number of rotatable bonds is 6. The summed E-state index contributed by atoms with van der Waals surface area (Å²) < 4.78 is 13.9. The second-order valence-corrected chi connectivity index (χ2v) is 8.36. The van der Waals surface area contributed by atoms with Crippen LogP contribution < -0.4 is 0 Å². The molecule has 2 aromatic heterocycles. The molecule has 3 heterocycles. The summed E-state index contributed by atoms with van der Waals surface area (Å²) in [6.45, 7) is 6.99. The van der Waals surface area contributed by atoms with Gasteiger partial charge in [-0.3, -0.25) is 9.80 Å². The van der Waals surface area contributed by atoms with E-state index in [0.717, 1.165) is 41.0 Å². The van der Waals surface area contributed by atoms with E-state index in [0.29, 0.717) is 13.0 Å². The van der Waals surface area contributed by atoms with Crippen LogP contribution >= 0.6 is 22.7 Å². The second-order valence-electron chi connectivity index (χ2n) is 6.35. The van der Waals surface area contributed by atoms with E-state index < -0.39 is 6.17 Å². The third kappa shape index (κ3) is 4.56. The van der Waals surface area contributed by atoms with E-state index in [-0.39, 0.29) is 6.04 Å². The third-order valence-corrected chi connectivity index (χ3v) is 5.88. The van der Waals surface area contributed by atoms with Gasteiger partial charge in [0.05, 0.1) is 17.2 Å². The van der Waals surface area contributed by atoms with Gasteiger partial charge in [0.25, 0.3) is 0 Å². The van der Waals surface area contributed by atoms with Crippen molar-refractivity contribution in [2.45, 2.75) is 45.6 Å². The molecule has 0 aromatic carbocycles. The first-order valence-corrected chi connectivity index (χ1v) is 9.64. The molecule has 1 aliphatic rings. The standard InChI is InChI=1S/C16H23FN4S2/c1-11-9-23-16(18-11)8-20(3)7-15-4-13(17)5-21(15)6-14-10-22-12(2)19-14/h9-10,13,15H,4-8H2,1-3H3/t13-,15-/m0/s1. The summed E-state index contributed by atoms with van der Waals surface area (Å²) in [5.41, 5.74) is 2.13. The molecule has 0 spiro atoms. The van der Waals surface area contributed by atoms with Gasteiger partial charge in [0.1, 0.15) is 11.2 Å². The van der Waals surface area contributed by atoms with Crippen molar-refractivity contribution < 1.29 is 4.39 Å². The zero-order valence-electron chi connectivity index (χ0n) is 13.8. The van der Waals surface area contributed by atoms with Gasteiger partial charge in [-0.2, -0.15) is 0 Å². The number of thiazole rings is 2. The fourth-order valence-corrected chi connectivity index (χ4v) is 4.58. The van der Waals surface area contributed by atoms with E-state index in [1.165, 1.54) is 0 Å². The molecule has 3 rings (SSSR count). The van der Waals surface area contributed by atoms with E-state index in [1.54, 1.807) is 22.7 Å². The molecule has 7 heteroatoms. The number of aromatic nitrogens is 2. The van der Waals surface area contributed by atoms with Crippen LogP contribution in [0.2, 0.25) is 0 Å². The molecule has 0 saturated carbocycles. The Labute approximate surface area is 145 Å². The monoisotopic (exact) mass is 354 g/mol. The average molecular weight is 355 g/mol. The van der Waals surface area contributed by atoms with Gasteiger partial charge in [-0.05, 0) is 27.3 Å². The Bertz CT molecular complexity index is 642. The zero-order chi connectivity index (χ0) is 16.4. The van der Waals surface area contributed by atoms with Crippen molar-refractivity contribution in [1.29, 1.82) is 0 Å². The lowest BCUT2D eigenvalue weighted by atomic mass is 10.2. The molecule has 1 saturated heterocycles. The van der Waals surface area contributed by atoms with Crippen LogP contribution in [0.5, 0.6) is 0 Å². The van der Waals surface area contributed by atoms with Crippen LogP contribution in [-0.2, 0) is 13.1 Å². The number of halogens is 1. The van der Waals surface area contributed by atoms with Crippen molar-refractivity contribution in [3.05, 3.63) is 32.2 Å². The fraction of sp³-hybridized carbons (Fsp3) is 0.625. The molecule has 1 aliphatic heterocycles. The van der Waals surface area contributed by atoms with Crippen molar-refractivity contribution in [3.63, 3.8) is 0 Å². The molecule has 0 amide bonds. The molecule has 0 radical (unpaired) electrons. The largest absolute Gasteiger partial charge is 0.298 e. The highest BCUT2D eigenvalue weighted by Gasteiger charge is 2.33. The lowest BCUT2D eigenvalue weighted by molar-refractivity contribution is 0.179. The summed E-state index contributed by atoms with van der Waals surface area (Å²) >= 11 is 3.35. The van der Waals surface area contributed by atoms with E-state index >= 15 is 0 Å². The van der Waals surface area contributed by atoms with Crippen LogP contribution in [0.15, 0.2) is 10.8 Å². The van der Waals surface area contributed by atoms with Crippen molar-refractivity contribution in [3.8, 4) is 0 Å². The number of nitrogens with zero attached hydrogens (tertiary/aromatic N) is 4. The highest BCUT2D eigenvalue weighted by atomic mass is 32.1. The molecule has 0 bridgehead atoms.